The summed E-state index contributed by atoms with van der Waals surface area (Å²) in [6.07, 6.45) is 3.11. The van der Waals surface area contributed by atoms with Gasteiger partial charge in [0.15, 0.2) is 5.03 Å². The summed E-state index contributed by atoms with van der Waals surface area (Å²) in [7, 11) is -3.57. The summed E-state index contributed by atoms with van der Waals surface area (Å²) in [4.78, 5) is 3.85. The average Bonchev–Trinajstić information content (AvgIpc) is 2.46. The minimum atomic E-state index is -3.57. The van der Waals surface area contributed by atoms with Crippen LogP contribution in [0, 0.1) is 5.92 Å². The smallest absolute Gasteiger partial charge is 0.258 e. The van der Waals surface area contributed by atoms with E-state index in [0.29, 0.717) is 31.2 Å². The van der Waals surface area contributed by atoms with Gasteiger partial charge >= 0.3 is 0 Å². The fourth-order valence-electron chi connectivity index (χ4n) is 1.92. The van der Waals surface area contributed by atoms with Gasteiger partial charge in [0, 0.05) is 26.0 Å². The monoisotopic (exact) mass is 286 g/mol. The summed E-state index contributed by atoms with van der Waals surface area (Å²) in [5, 5.41) is 8.87. The summed E-state index contributed by atoms with van der Waals surface area (Å²) in [5.41, 5.74) is 0.586. The Morgan fingerprint density at radius 3 is 2.68 bits per heavy atom. The van der Waals surface area contributed by atoms with Crippen molar-refractivity contribution in [2.75, 3.05) is 19.8 Å². The van der Waals surface area contributed by atoms with Gasteiger partial charge in [0.1, 0.15) is 0 Å². The summed E-state index contributed by atoms with van der Waals surface area (Å²) in [5.74, 6) is 0.320. The molecule has 1 saturated heterocycles. The summed E-state index contributed by atoms with van der Waals surface area (Å²) < 4.78 is 31.8. The number of nitrogens with one attached hydrogen (secondary N) is 1. The van der Waals surface area contributed by atoms with E-state index in [1.54, 1.807) is 6.07 Å². The fourth-order valence-corrected chi connectivity index (χ4v) is 2.96. The van der Waals surface area contributed by atoms with E-state index in [4.69, 9.17) is 9.84 Å². The third-order valence-electron chi connectivity index (χ3n) is 3.16. The highest BCUT2D eigenvalue weighted by atomic mass is 32.2. The first-order chi connectivity index (χ1) is 9.12. The minimum Gasteiger partial charge on any atom is -0.392 e. The molecule has 0 unspecified atom stereocenters. The molecule has 2 heterocycles. The lowest BCUT2D eigenvalue weighted by Gasteiger charge is -2.21. The first-order valence-electron chi connectivity index (χ1n) is 6.25. The maximum absolute atomic E-state index is 12.0. The van der Waals surface area contributed by atoms with Crippen LogP contribution in [-0.4, -0.2) is 38.3 Å². The van der Waals surface area contributed by atoms with E-state index in [-0.39, 0.29) is 11.6 Å². The lowest BCUT2D eigenvalue weighted by Crippen LogP contribution is -2.32. The van der Waals surface area contributed by atoms with Gasteiger partial charge in [-0.2, -0.15) is 0 Å². The van der Waals surface area contributed by atoms with Crippen molar-refractivity contribution in [3.8, 4) is 0 Å². The molecule has 0 spiro atoms. The highest BCUT2D eigenvalue weighted by Crippen LogP contribution is 2.14. The van der Waals surface area contributed by atoms with Crippen LogP contribution >= 0.6 is 0 Å². The van der Waals surface area contributed by atoms with E-state index < -0.39 is 10.0 Å². The SMILES string of the molecule is O=S(=O)(NCC1CCOCC1)c1ccc(CO)cn1. The molecule has 0 atom stereocenters. The minimum absolute atomic E-state index is 0.0169. The van der Waals surface area contributed by atoms with E-state index >= 15 is 0 Å². The van der Waals surface area contributed by atoms with Crippen molar-refractivity contribution in [2.45, 2.75) is 24.5 Å². The van der Waals surface area contributed by atoms with Crippen LogP contribution in [0.15, 0.2) is 23.4 Å². The van der Waals surface area contributed by atoms with Gasteiger partial charge in [-0.3, -0.25) is 0 Å². The molecule has 2 N–H and O–H groups in total. The van der Waals surface area contributed by atoms with Crippen LogP contribution in [0.5, 0.6) is 0 Å². The highest BCUT2D eigenvalue weighted by Gasteiger charge is 2.19. The molecular weight excluding hydrogens is 268 g/mol. The number of aliphatic hydroxyl groups excluding tert-OH is 1. The third-order valence-corrected chi connectivity index (χ3v) is 4.50. The van der Waals surface area contributed by atoms with Gasteiger partial charge in [0.25, 0.3) is 10.0 Å². The van der Waals surface area contributed by atoms with Crippen LogP contribution in [0.4, 0.5) is 0 Å². The van der Waals surface area contributed by atoms with E-state index in [1.807, 2.05) is 0 Å². The van der Waals surface area contributed by atoms with Crippen LogP contribution in [-0.2, 0) is 21.4 Å². The predicted octanol–water partition coefficient (Wildman–Crippen LogP) is 0.279. The second-order valence-corrected chi connectivity index (χ2v) is 6.28. The third kappa shape index (κ3) is 3.97. The molecule has 19 heavy (non-hydrogen) atoms. The lowest BCUT2D eigenvalue weighted by molar-refractivity contribution is 0.0678. The zero-order valence-corrected chi connectivity index (χ0v) is 11.4. The standard InChI is InChI=1S/C12H18N2O4S/c15-9-11-1-2-12(13-7-11)19(16,17)14-8-10-3-5-18-6-4-10/h1-2,7,10,14-15H,3-6,8-9H2. The fraction of sp³-hybridized carbons (Fsp3) is 0.583. The largest absolute Gasteiger partial charge is 0.392 e. The molecule has 1 aromatic rings. The summed E-state index contributed by atoms with van der Waals surface area (Å²) >= 11 is 0. The quantitative estimate of drug-likeness (QED) is 0.811. The van der Waals surface area contributed by atoms with E-state index in [9.17, 15) is 8.42 Å². The molecule has 1 aliphatic rings. The number of ether oxygens (including phenoxy) is 1. The van der Waals surface area contributed by atoms with Gasteiger partial charge in [0.2, 0.25) is 0 Å². The average molecular weight is 286 g/mol. The van der Waals surface area contributed by atoms with Crippen LogP contribution in [0.1, 0.15) is 18.4 Å². The molecule has 0 saturated carbocycles. The zero-order valence-electron chi connectivity index (χ0n) is 10.6. The molecular formula is C12H18N2O4S. The van der Waals surface area contributed by atoms with Gasteiger partial charge in [-0.05, 0) is 30.4 Å². The van der Waals surface area contributed by atoms with Gasteiger partial charge in [0.05, 0.1) is 6.61 Å². The van der Waals surface area contributed by atoms with Crippen molar-refractivity contribution in [2.24, 2.45) is 5.92 Å². The molecule has 7 heteroatoms. The second kappa shape index (κ2) is 6.42. The van der Waals surface area contributed by atoms with Crippen LogP contribution < -0.4 is 4.72 Å². The number of nitrogens with zero attached hydrogens (tertiary/aromatic N) is 1. The molecule has 0 aliphatic carbocycles. The molecule has 1 aromatic heterocycles. The Morgan fingerprint density at radius 2 is 2.11 bits per heavy atom. The van der Waals surface area contributed by atoms with Crippen molar-refractivity contribution in [3.05, 3.63) is 23.9 Å². The Morgan fingerprint density at radius 1 is 1.37 bits per heavy atom. The summed E-state index contributed by atoms with van der Waals surface area (Å²) in [6.45, 7) is 1.64. The Hall–Kier alpha value is -1.02. The number of hydrogen-bond acceptors (Lipinski definition) is 5. The predicted molar refractivity (Wildman–Crippen MR) is 68.9 cm³/mol. The number of hydrogen-bond donors (Lipinski definition) is 2. The molecule has 1 fully saturated rings. The topological polar surface area (TPSA) is 88.5 Å². The number of aromatic nitrogens is 1. The molecule has 0 bridgehead atoms. The van der Waals surface area contributed by atoms with Crippen LogP contribution in [0.25, 0.3) is 0 Å². The number of sulfonamides is 1. The van der Waals surface area contributed by atoms with Gasteiger partial charge < -0.3 is 9.84 Å². The number of pyridine rings is 1. The van der Waals surface area contributed by atoms with Gasteiger partial charge in [-0.1, -0.05) is 6.07 Å². The number of rotatable bonds is 5. The Bertz CT molecular complexity index is 495. The Labute approximate surface area is 112 Å². The molecule has 0 aromatic carbocycles. The highest BCUT2D eigenvalue weighted by molar-refractivity contribution is 7.89. The Kier molecular flexibility index (Phi) is 4.87. The van der Waals surface area contributed by atoms with Crippen LogP contribution in [0.3, 0.4) is 0 Å². The van der Waals surface area contributed by atoms with Crippen molar-refractivity contribution < 1.29 is 18.3 Å². The lowest BCUT2D eigenvalue weighted by atomic mass is 10.0. The van der Waals surface area contributed by atoms with Crippen molar-refractivity contribution in [1.82, 2.24) is 9.71 Å². The summed E-state index contributed by atoms with van der Waals surface area (Å²) in [6, 6.07) is 2.95. The Balaban J connectivity index is 1.96. The van der Waals surface area contributed by atoms with E-state index in [2.05, 4.69) is 9.71 Å². The molecule has 0 radical (unpaired) electrons. The van der Waals surface area contributed by atoms with Crippen molar-refractivity contribution >= 4 is 10.0 Å². The van der Waals surface area contributed by atoms with Crippen LogP contribution in [0.2, 0.25) is 0 Å². The molecule has 6 nitrogen and oxygen atoms in total. The van der Waals surface area contributed by atoms with E-state index in [1.165, 1.54) is 12.3 Å². The molecule has 106 valence electrons. The van der Waals surface area contributed by atoms with Crippen molar-refractivity contribution in [3.63, 3.8) is 0 Å². The maximum Gasteiger partial charge on any atom is 0.258 e. The first kappa shape index (κ1) is 14.4. The van der Waals surface area contributed by atoms with Gasteiger partial charge in [-0.25, -0.2) is 18.1 Å². The first-order valence-corrected chi connectivity index (χ1v) is 7.73. The maximum atomic E-state index is 12.0. The molecule has 0 amide bonds. The number of aliphatic hydroxyl groups is 1. The second-order valence-electron chi connectivity index (χ2n) is 4.57. The molecule has 1 aliphatic heterocycles. The van der Waals surface area contributed by atoms with Crippen molar-refractivity contribution in [1.29, 1.82) is 0 Å². The normalized spacial score (nSPS) is 17.5. The zero-order chi connectivity index (χ0) is 13.7. The molecule has 2 rings (SSSR count). The van der Waals surface area contributed by atoms with E-state index in [0.717, 1.165) is 12.8 Å². The van der Waals surface area contributed by atoms with Gasteiger partial charge in [-0.15, -0.1) is 0 Å².